The molecule has 0 aromatic heterocycles. The second kappa shape index (κ2) is 4.54. The zero-order chi connectivity index (χ0) is 8.85. The van der Waals surface area contributed by atoms with Gasteiger partial charge in [0, 0.05) is 0 Å². The fourth-order valence-corrected chi connectivity index (χ4v) is 0.427. The molecule has 0 aromatic rings. The van der Waals surface area contributed by atoms with Crippen molar-refractivity contribution in [1.29, 1.82) is 5.41 Å². The van der Waals surface area contributed by atoms with Crippen molar-refractivity contribution in [3.8, 4) is 0 Å². The lowest BCUT2D eigenvalue weighted by atomic mass is 10.3. The van der Waals surface area contributed by atoms with Crippen molar-refractivity contribution in [2.75, 3.05) is 6.61 Å². The monoisotopic (exact) mass is 159 g/mol. The number of nitrogens with one attached hydrogen (secondary N) is 2. The third-order valence-corrected chi connectivity index (χ3v) is 1.08. The van der Waals surface area contributed by atoms with Crippen LogP contribution >= 0.6 is 0 Å². The normalized spacial score (nSPS) is 11.8. The predicted molar refractivity (Wildman–Crippen MR) is 41.5 cm³/mol. The number of nitrogens with two attached hydrogens (primary N) is 1. The lowest BCUT2D eigenvalue weighted by Gasteiger charge is -2.10. The van der Waals surface area contributed by atoms with Gasteiger partial charge in [-0.2, -0.15) is 0 Å². The number of rotatable bonds is 3. The van der Waals surface area contributed by atoms with Gasteiger partial charge in [-0.1, -0.05) is 0 Å². The van der Waals surface area contributed by atoms with Crippen molar-refractivity contribution in [2.45, 2.75) is 19.9 Å². The average molecular weight is 159 g/mol. The van der Waals surface area contributed by atoms with Crippen molar-refractivity contribution >= 4 is 11.9 Å². The van der Waals surface area contributed by atoms with Gasteiger partial charge in [-0.15, -0.1) is 0 Å². The lowest BCUT2D eigenvalue weighted by Crippen LogP contribution is -2.42. The van der Waals surface area contributed by atoms with Crippen LogP contribution in [0.3, 0.4) is 0 Å². The number of ether oxygens (including phenoxy) is 1. The maximum atomic E-state index is 10.7. The molecule has 0 heterocycles. The van der Waals surface area contributed by atoms with Gasteiger partial charge in [-0.05, 0) is 13.8 Å². The zero-order valence-corrected chi connectivity index (χ0v) is 6.68. The molecule has 0 bridgehead atoms. The van der Waals surface area contributed by atoms with E-state index in [0.717, 1.165) is 0 Å². The minimum atomic E-state index is -0.546. The van der Waals surface area contributed by atoms with Crippen LogP contribution in [0, 0.1) is 5.41 Å². The number of amidine groups is 1. The van der Waals surface area contributed by atoms with Crippen LogP contribution in [0.5, 0.6) is 0 Å². The Morgan fingerprint density at radius 3 is 2.73 bits per heavy atom. The van der Waals surface area contributed by atoms with E-state index in [1.165, 1.54) is 0 Å². The first kappa shape index (κ1) is 9.74. The zero-order valence-electron chi connectivity index (χ0n) is 6.68. The Morgan fingerprint density at radius 1 is 1.82 bits per heavy atom. The summed E-state index contributed by atoms with van der Waals surface area (Å²) < 4.78 is 4.56. The van der Waals surface area contributed by atoms with Crippen molar-refractivity contribution in [2.24, 2.45) is 5.73 Å². The van der Waals surface area contributed by atoms with Gasteiger partial charge in [0.1, 0.15) is 5.84 Å². The Kier molecular flexibility index (Phi) is 4.02. The molecule has 0 saturated carbocycles. The van der Waals surface area contributed by atoms with Crippen LogP contribution in [0.4, 0.5) is 4.79 Å². The summed E-state index contributed by atoms with van der Waals surface area (Å²) in [6.45, 7) is 3.63. The van der Waals surface area contributed by atoms with E-state index in [0.29, 0.717) is 6.61 Å². The molecule has 1 atom stereocenters. The summed E-state index contributed by atoms with van der Waals surface area (Å²) >= 11 is 0. The fourth-order valence-electron chi connectivity index (χ4n) is 0.427. The van der Waals surface area contributed by atoms with E-state index in [-0.39, 0.29) is 5.84 Å². The van der Waals surface area contributed by atoms with Gasteiger partial charge >= 0.3 is 6.09 Å². The van der Waals surface area contributed by atoms with E-state index in [9.17, 15) is 4.79 Å². The molecule has 0 radical (unpaired) electrons. The molecule has 0 aromatic carbocycles. The van der Waals surface area contributed by atoms with Gasteiger partial charge in [0.25, 0.3) is 0 Å². The summed E-state index contributed by atoms with van der Waals surface area (Å²) in [5, 5.41) is 9.30. The Hall–Kier alpha value is -1.26. The van der Waals surface area contributed by atoms with E-state index in [2.05, 4.69) is 10.1 Å². The number of hydrogen-bond acceptors (Lipinski definition) is 3. The summed E-state index contributed by atoms with van der Waals surface area (Å²) in [6.07, 6.45) is -0.546. The van der Waals surface area contributed by atoms with Crippen LogP contribution in [0.25, 0.3) is 0 Å². The topological polar surface area (TPSA) is 88.2 Å². The molecule has 5 heteroatoms. The third-order valence-electron chi connectivity index (χ3n) is 1.08. The Morgan fingerprint density at radius 2 is 2.36 bits per heavy atom. The van der Waals surface area contributed by atoms with Crippen LogP contribution in [-0.4, -0.2) is 24.6 Å². The highest BCUT2D eigenvalue weighted by atomic mass is 16.5. The predicted octanol–water partition coefficient (Wildman–Crippen LogP) is 0.0570. The maximum Gasteiger partial charge on any atom is 0.407 e. The van der Waals surface area contributed by atoms with E-state index in [1.807, 2.05) is 0 Å². The van der Waals surface area contributed by atoms with E-state index < -0.39 is 12.1 Å². The molecule has 11 heavy (non-hydrogen) atoms. The van der Waals surface area contributed by atoms with Crippen LogP contribution in [0.2, 0.25) is 0 Å². The second-order valence-electron chi connectivity index (χ2n) is 2.04. The first-order chi connectivity index (χ1) is 5.07. The molecule has 1 unspecified atom stereocenters. The molecular weight excluding hydrogens is 146 g/mol. The quantitative estimate of drug-likeness (QED) is 0.402. The van der Waals surface area contributed by atoms with Crippen molar-refractivity contribution < 1.29 is 9.53 Å². The first-order valence-corrected chi connectivity index (χ1v) is 3.35. The van der Waals surface area contributed by atoms with Gasteiger partial charge in [0.2, 0.25) is 0 Å². The molecule has 0 aliphatic heterocycles. The van der Waals surface area contributed by atoms with E-state index in [1.54, 1.807) is 13.8 Å². The molecular formula is C6H13N3O2. The summed E-state index contributed by atoms with van der Waals surface area (Å²) in [7, 11) is 0. The lowest BCUT2D eigenvalue weighted by molar-refractivity contribution is 0.151. The molecule has 4 N–H and O–H groups in total. The largest absolute Gasteiger partial charge is 0.450 e. The highest BCUT2D eigenvalue weighted by Crippen LogP contribution is 1.82. The smallest absolute Gasteiger partial charge is 0.407 e. The molecule has 5 nitrogen and oxygen atoms in total. The molecule has 1 amide bonds. The van der Waals surface area contributed by atoms with Gasteiger partial charge in [-0.3, -0.25) is 5.41 Å². The number of amides is 1. The summed E-state index contributed by atoms with van der Waals surface area (Å²) in [4.78, 5) is 10.7. The Bertz CT molecular complexity index is 158. The van der Waals surface area contributed by atoms with E-state index >= 15 is 0 Å². The molecule has 0 aliphatic carbocycles. The van der Waals surface area contributed by atoms with Gasteiger partial charge < -0.3 is 15.8 Å². The molecule has 0 fully saturated rings. The van der Waals surface area contributed by atoms with Gasteiger partial charge in [0.15, 0.2) is 0 Å². The van der Waals surface area contributed by atoms with Crippen LogP contribution in [-0.2, 0) is 4.74 Å². The first-order valence-electron chi connectivity index (χ1n) is 3.35. The summed E-state index contributed by atoms with van der Waals surface area (Å²) in [5.41, 5.74) is 5.09. The molecule has 0 spiro atoms. The summed E-state index contributed by atoms with van der Waals surface area (Å²) in [5.74, 6) is -0.0851. The maximum absolute atomic E-state index is 10.7. The van der Waals surface area contributed by atoms with Crippen molar-refractivity contribution in [1.82, 2.24) is 5.32 Å². The second-order valence-corrected chi connectivity index (χ2v) is 2.04. The molecule has 0 aliphatic rings. The molecule has 0 saturated heterocycles. The van der Waals surface area contributed by atoms with Crippen molar-refractivity contribution in [3.63, 3.8) is 0 Å². The fraction of sp³-hybridized carbons (Fsp3) is 0.667. The highest BCUT2D eigenvalue weighted by molar-refractivity contribution is 5.85. The van der Waals surface area contributed by atoms with Gasteiger partial charge in [0.05, 0.1) is 12.6 Å². The number of hydrogen-bond donors (Lipinski definition) is 3. The average Bonchev–Trinajstić information content (AvgIpc) is 1.87. The number of alkyl carbamates (subject to hydrolysis) is 1. The number of carbonyl (C=O) groups is 1. The molecule has 64 valence electrons. The number of carbonyl (C=O) groups excluding carboxylic acids is 1. The Balaban J connectivity index is 3.66. The SMILES string of the molecule is CCOC(=O)NC(C)C(=N)N. The molecule has 0 rings (SSSR count). The van der Waals surface area contributed by atoms with Crippen molar-refractivity contribution in [3.05, 3.63) is 0 Å². The van der Waals surface area contributed by atoms with Crippen LogP contribution < -0.4 is 11.1 Å². The highest BCUT2D eigenvalue weighted by Gasteiger charge is 2.08. The standard InChI is InChI=1S/C6H13N3O2/c1-3-11-6(10)9-4(2)5(7)8/h4H,3H2,1-2H3,(H3,7,8)(H,9,10). The van der Waals surface area contributed by atoms with Gasteiger partial charge in [-0.25, -0.2) is 4.79 Å². The minimum Gasteiger partial charge on any atom is -0.450 e. The van der Waals surface area contributed by atoms with E-state index in [4.69, 9.17) is 11.1 Å². The Labute approximate surface area is 65.4 Å². The van der Waals surface area contributed by atoms with Crippen LogP contribution in [0.15, 0.2) is 0 Å². The minimum absolute atomic E-state index is 0.0851. The summed E-state index contributed by atoms with van der Waals surface area (Å²) in [6, 6.07) is -0.464. The third kappa shape index (κ3) is 4.19. The van der Waals surface area contributed by atoms with Crippen LogP contribution in [0.1, 0.15) is 13.8 Å².